The third kappa shape index (κ3) is 4.62. The van der Waals surface area contributed by atoms with Gasteiger partial charge in [-0.1, -0.05) is 23.7 Å². The molecule has 0 aliphatic carbocycles. The van der Waals surface area contributed by atoms with Crippen molar-refractivity contribution in [1.29, 1.82) is 0 Å². The molecule has 6 nitrogen and oxygen atoms in total. The van der Waals surface area contributed by atoms with Crippen LogP contribution in [0.1, 0.15) is 15.9 Å². The zero-order chi connectivity index (χ0) is 18.6. The molecule has 8 heteroatoms. The molecule has 1 fully saturated rings. The lowest BCUT2D eigenvalue weighted by molar-refractivity contribution is 0.0303. The summed E-state index contributed by atoms with van der Waals surface area (Å²) < 4.78 is 32.6. The van der Waals surface area contributed by atoms with Crippen molar-refractivity contribution in [2.24, 2.45) is 0 Å². The van der Waals surface area contributed by atoms with Crippen LogP contribution in [-0.4, -0.2) is 45.5 Å². The van der Waals surface area contributed by atoms with Gasteiger partial charge in [0.25, 0.3) is 5.91 Å². The van der Waals surface area contributed by atoms with Gasteiger partial charge in [-0.3, -0.25) is 4.79 Å². The summed E-state index contributed by atoms with van der Waals surface area (Å²) in [6.45, 7) is 2.29. The Morgan fingerprint density at radius 2 is 1.65 bits per heavy atom. The van der Waals surface area contributed by atoms with Gasteiger partial charge in [0.15, 0.2) is 0 Å². The second kappa shape index (κ2) is 8.18. The van der Waals surface area contributed by atoms with E-state index in [1.165, 1.54) is 24.3 Å². The molecule has 26 heavy (non-hydrogen) atoms. The molecule has 1 amide bonds. The number of nitrogens with zero attached hydrogens (tertiary/aromatic N) is 1. The van der Waals surface area contributed by atoms with Crippen LogP contribution in [0.15, 0.2) is 53.4 Å². The highest BCUT2D eigenvalue weighted by atomic mass is 35.5. The monoisotopic (exact) mass is 394 g/mol. The number of benzene rings is 2. The number of amides is 1. The van der Waals surface area contributed by atoms with Crippen LogP contribution in [0.5, 0.6) is 0 Å². The lowest BCUT2D eigenvalue weighted by atomic mass is 10.2. The highest BCUT2D eigenvalue weighted by molar-refractivity contribution is 7.89. The van der Waals surface area contributed by atoms with Crippen LogP contribution in [0.25, 0.3) is 0 Å². The maximum atomic E-state index is 12.4. The average Bonchev–Trinajstić information content (AvgIpc) is 2.68. The number of rotatable bonds is 5. The molecule has 2 aromatic rings. The molecule has 3 rings (SSSR count). The third-order valence-electron chi connectivity index (χ3n) is 4.09. The standard InChI is InChI=1S/C18H19ClN2O4S/c19-16-5-1-14(2-6-16)13-20-26(23,24)17-7-3-15(4-8-17)18(22)21-9-11-25-12-10-21/h1-8,20H,9-13H2. The highest BCUT2D eigenvalue weighted by Gasteiger charge is 2.20. The molecule has 0 spiro atoms. The van der Waals surface area contributed by atoms with E-state index in [-0.39, 0.29) is 17.3 Å². The molecular weight excluding hydrogens is 376 g/mol. The Morgan fingerprint density at radius 3 is 2.27 bits per heavy atom. The van der Waals surface area contributed by atoms with Crippen molar-refractivity contribution in [3.8, 4) is 0 Å². The minimum atomic E-state index is -3.66. The van der Waals surface area contributed by atoms with Gasteiger partial charge in [0, 0.05) is 30.2 Å². The molecule has 1 saturated heterocycles. The summed E-state index contributed by atoms with van der Waals surface area (Å²) in [4.78, 5) is 14.2. The zero-order valence-corrected chi connectivity index (χ0v) is 15.6. The van der Waals surface area contributed by atoms with E-state index in [4.69, 9.17) is 16.3 Å². The molecule has 1 aliphatic heterocycles. The molecule has 1 heterocycles. The van der Waals surface area contributed by atoms with Gasteiger partial charge in [0.1, 0.15) is 0 Å². The summed E-state index contributed by atoms with van der Waals surface area (Å²) in [6, 6.07) is 12.9. The van der Waals surface area contributed by atoms with Crippen LogP contribution in [0.2, 0.25) is 5.02 Å². The normalized spacial score (nSPS) is 15.0. The molecule has 0 radical (unpaired) electrons. The summed E-state index contributed by atoms with van der Waals surface area (Å²) in [5.41, 5.74) is 1.26. The Bertz CT molecular complexity index is 861. The molecule has 0 bridgehead atoms. The average molecular weight is 395 g/mol. The topological polar surface area (TPSA) is 75.7 Å². The first-order chi connectivity index (χ1) is 12.5. The molecule has 0 unspecified atom stereocenters. The fourth-order valence-electron chi connectivity index (χ4n) is 2.59. The number of carbonyl (C=O) groups excluding carboxylic acids is 1. The Balaban J connectivity index is 1.66. The largest absolute Gasteiger partial charge is 0.378 e. The van der Waals surface area contributed by atoms with Gasteiger partial charge >= 0.3 is 0 Å². The minimum absolute atomic E-state index is 0.116. The summed E-state index contributed by atoms with van der Waals surface area (Å²) in [5.74, 6) is -0.119. The number of halogens is 1. The van der Waals surface area contributed by atoms with Crippen molar-refractivity contribution in [3.05, 3.63) is 64.7 Å². The van der Waals surface area contributed by atoms with E-state index < -0.39 is 10.0 Å². The van der Waals surface area contributed by atoms with Crippen LogP contribution in [-0.2, 0) is 21.3 Å². The van der Waals surface area contributed by atoms with Crippen LogP contribution in [0.3, 0.4) is 0 Å². The van der Waals surface area contributed by atoms with Crippen LogP contribution in [0.4, 0.5) is 0 Å². The van der Waals surface area contributed by atoms with Gasteiger partial charge in [-0.25, -0.2) is 13.1 Å². The second-order valence-corrected chi connectivity index (χ2v) is 8.08. The number of nitrogens with one attached hydrogen (secondary N) is 1. The Morgan fingerprint density at radius 1 is 1.04 bits per heavy atom. The van der Waals surface area contributed by atoms with Crippen LogP contribution in [0, 0.1) is 0 Å². The first kappa shape index (κ1) is 18.8. The lowest BCUT2D eigenvalue weighted by Crippen LogP contribution is -2.40. The molecule has 2 aromatic carbocycles. The Labute approximate surface area is 157 Å². The van der Waals surface area contributed by atoms with E-state index in [9.17, 15) is 13.2 Å². The minimum Gasteiger partial charge on any atom is -0.378 e. The molecule has 1 N–H and O–H groups in total. The third-order valence-corrected chi connectivity index (χ3v) is 5.76. The van der Waals surface area contributed by atoms with Crippen molar-refractivity contribution < 1.29 is 17.9 Å². The molecule has 1 aliphatic rings. The maximum absolute atomic E-state index is 12.4. The van der Waals surface area contributed by atoms with Crippen molar-refractivity contribution in [3.63, 3.8) is 0 Å². The zero-order valence-electron chi connectivity index (χ0n) is 14.0. The summed E-state index contributed by atoms with van der Waals surface area (Å²) in [5, 5.41) is 0.595. The summed E-state index contributed by atoms with van der Waals surface area (Å²) in [7, 11) is -3.66. The van der Waals surface area contributed by atoms with Gasteiger partial charge in [0.2, 0.25) is 10.0 Å². The number of ether oxygens (including phenoxy) is 1. The lowest BCUT2D eigenvalue weighted by Gasteiger charge is -2.26. The Kier molecular flexibility index (Phi) is 5.93. The van der Waals surface area contributed by atoms with E-state index in [1.807, 2.05) is 0 Å². The molecule has 0 saturated carbocycles. The smallest absolute Gasteiger partial charge is 0.254 e. The van der Waals surface area contributed by atoms with Crippen LogP contribution < -0.4 is 4.72 Å². The predicted molar refractivity (Wildman–Crippen MR) is 98.6 cm³/mol. The fraction of sp³-hybridized carbons (Fsp3) is 0.278. The number of sulfonamides is 1. The number of hydrogen-bond acceptors (Lipinski definition) is 4. The SMILES string of the molecule is O=C(c1ccc(S(=O)(=O)NCc2ccc(Cl)cc2)cc1)N1CCOCC1. The fourth-order valence-corrected chi connectivity index (χ4v) is 3.73. The molecule has 0 aromatic heterocycles. The first-order valence-electron chi connectivity index (χ1n) is 8.17. The maximum Gasteiger partial charge on any atom is 0.254 e. The quantitative estimate of drug-likeness (QED) is 0.844. The van der Waals surface area contributed by atoms with E-state index in [0.29, 0.717) is 36.9 Å². The molecule has 138 valence electrons. The van der Waals surface area contributed by atoms with Crippen LogP contribution >= 0.6 is 11.6 Å². The second-order valence-electron chi connectivity index (χ2n) is 5.88. The van der Waals surface area contributed by atoms with Gasteiger partial charge in [-0.05, 0) is 42.0 Å². The van der Waals surface area contributed by atoms with E-state index in [2.05, 4.69) is 4.72 Å². The Hall–Kier alpha value is -1.93. The van der Waals surface area contributed by atoms with Gasteiger partial charge in [-0.2, -0.15) is 0 Å². The van der Waals surface area contributed by atoms with Crippen molar-refractivity contribution in [2.75, 3.05) is 26.3 Å². The number of carbonyl (C=O) groups is 1. The molecule has 0 atom stereocenters. The predicted octanol–water partition coefficient (Wildman–Crippen LogP) is 2.29. The van der Waals surface area contributed by atoms with Gasteiger partial charge in [0.05, 0.1) is 18.1 Å². The van der Waals surface area contributed by atoms with E-state index >= 15 is 0 Å². The summed E-state index contributed by atoms with van der Waals surface area (Å²) in [6.07, 6.45) is 0. The highest BCUT2D eigenvalue weighted by Crippen LogP contribution is 2.14. The summed E-state index contributed by atoms with van der Waals surface area (Å²) >= 11 is 5.82. The van der Waals surface area contributed by atoms with E-state index in [1.54, 1.807) is 29.2 Å². The molecular formula is C18H19ClN2O4S. The van der Waals surface area contributed by atoms with Gasteiger partial charge < -0.3 is 9.64 Å². The van der Waals surface area contributed by atoms with Crippen molar-refractivity contribution in [2.45, 2.75) is 11.4 Å². The number of hydrogen-bond donors (Lipinski definition) is 1. The number of morpholine rings is 1. The van der Waals surface area contributed by atoms with Gasteiger partial charge in [-0.15, -0.1) is 0 Å². The first-order valence-corrected chi connectivity index (χ1v) is 10.0. The van der Waals surface area contributed by atoms with Crippen molar-refractivity contribution in [1.82, 2.24) is 9.62 Å². The van der Waals surface area contributed by atoms with E-state index in [0.717, 1.165) is 5.56 Å². The van der Waals surface area contributed by atoms with Crippen molar-refractivity contribution >= 4 is 27.5 Å².